The number of fused-ring (bicyclic) bond motifs is 3. The molecule has 142 valence electrons. The summed E-state index contributed by atoms with van der Waals surface area (Å²) in [5.74, 6) is -2.15. The maximum absolute atomic E-state index is 12.7. The molecule has 0 unspecified atom stereocenters. The lowest BCUT2D eigenvalue weighted by Gasteiger charge is -2.37. The minimum absolute atomic E-state index is 0.225. The smallest absolute Gasteiger partial charge is 0.341 e. The summed E-state index contributed by atoms with van der Waals surface area (Å²) >= 11 is 0. The van der Waals surface area contributed by atoms with Gasteiger partial charge in [0.05, 0.1) is 23.9 Å². The average Bonchev–Trinajstić information content (AvgIpc) is 3.03. The molecule has 0 aromatic heterocycles. The molecule has 1 saturated carbocycles. The van der Waals surface area contributed by atoms with Crippen LogP contribution in [0.4, 0.5) is 0 Å². The van der Waals surface area contributed by atoms with Crippen LogP contribution < -0.4 is 0 Å². The molecule has 4 aliphatic rings. The highest BCUT2D eigenvalue weighted by Gasteiger charge is 2.70. The molecular formula is C20H26O6. The van der Waals surface area contributed by atoms with Gasteiger partial charge in [0.25, 0.3) is 0 Å². The molecule has 2 aliphatic heterocycles. The average molecular weight is 362 g/mol. The van der Waals surface area contributed by atoms with Gasteiger partial charge in [-0.2, -0.15) is 0 Å². The molecule has 26 heavy (non-hydrogen) atoms. The van der Waals surface area contributed by atoms with Gasteiger partial charge in [0.15, 0.2) is 5.60 Å². The second-order valence-corrected chi connectivity index (χ2v) is 8.35. The summed E-state index contributed by atoms with van der Waals surface area (Å²) in [6.45, 7) is 11.2. The number of esters is 2. The third-order valence-electron chi connectivity index (χ3n) is 6.93. The summed E-state index contributed by atoms with van der Waals surface area (Å²) in [7, 11) is 0. The zero-order valence-corrected chi connectivity index (χ0v) is 15.7. The maximum Gasteiger partial charge on any atom is 0.341 e. The van der Waals surface area contributed by atoms with Gasteiger partial charge in [-0.05, 0) is 39.2 Å². The molecule has 2 aliphatic carbocycles. The van der Waals surface area contributed by atoms with Gasteiger partial charge in [-0.15, -0.1) is 0 Å². The lowest BCUT2D eigenvalue weighted by atomic mass is 9.79. The van der Waals surface area contributed by atoms with E-state index in [1.807, 2.05) is 13.0 Å². The van der Waals surface area contributed by atoms with Gasteiger partial charge in [0.1, 0.15) is 17.8 Å². The minimum Gasteiger partial charge on any atom is -0.461 e. The molecule has 1 N–H and O–H groups in total. The first kappa shape index (κ1) is 17.7. The molecule has 8 atom stereocenters. The van der Waals surface area contributed by atoms with Crippen LogP contribution in [-0.4, -0.2) is 46.6 Å². The molecule has 6 nitrogen and oxygen atoms in total. The number of ether oxygens (including phenoxy) is 3. The van der Waals surface area contributed by atoms with Crippen molar-refractivity contribution in [1.29, 1.82) is 0 Å². The predicted octanol–water partition coefficient (Wildman–Crippen LogP) is 1.91. The van der Waals surface area contributed by atoms with E-state index in [4.69, 9.17) is 14.2 Å². The van der Waals surface area contributed by atoms with Gasteiger partial charge in [-0.25, -0.2) is 4.79 Å². The van der Waals surface area contributed by atoms with E-state index in [0.29, 0.717) is 6.42 Å². The van der Waals surface area contributed by atoms with E-state index >= 15 is 0 Å². The van der Waals surface area contributed by atoms with Crippen molar-refractivity contribution >= 4 is 11.9 Å². The van der Waals surface area contributed by atoms with Gasteiger partial charge in [0, 0.05) is 0 Å². The standard InChI is InChI=1S/C20H26O6/c1-9-7-6-8-10(2)20(23)14(9)15-13(11(3)17(21)24-15)16(20)25-18(22)19(5)12(4)26-19/h8,11-16,23H,1,6-7H2,2-5H3/t11-,12+,13+,14+,15-,16-,19+,20+/m1/s1. The van der Waals surface area contributed by atoms with Crippen LogP contribution in [0.25, 0.3) is 0 Å². The minimum atomic E-state index is -1.41. The predicted molar refractivity (Wildman–Crippen MR) is 91.9 cm³/mol. The summed E-state index contributed by atoms with van der Waals surface area (Å²) in [5.41, 5.74) is -0.831. The van der Waals surface area contributed by atoms with Crippen LogP contribution >= 0.6 is 0 Å². The van der Waals surface area contributed by atoms with Crippen LogP contribution in [-0.2, 0) is 23.8 Å². The van der Waals surface area contributed by atoms with Crippen molar-refractivity contribution in [3.63, 3.8) is 0 Å². The number of carbonyl (C=O) groups excluding carboxylic acids is 2. The fourth-order valence-electron chi connectivity index (χ4n) is 4.96. The number of rotatable bonds is 2. The van der Waals surface area contributed by atoms with Gasteiger partial charge in [0.2, 0.25) is 0 Å². The Balaban J connectivity index is 1.77. The molecule has 0 spiro atoms. The topological polar surface area (TPSA) is 85.4 Å². The van der Waals surface area contributed by atoms with Gasteiger partial charge < -0.3 is 19.3 Å². The summed E-state index contributed by atoms with van der Waals surface area (Å²) in [4.78, 5) is 25.0. The van der Waals surface area contributed by atoms with Crippen LogP contribution in [0, 0.1) is 17.8 Å². The number of allylic oxidation sites excluding steroid dienone is 1. The molecule has 0 bridgehead atoms. The number of hydrogen-bond acceptors (Lipinski definition) is 6. The van der Waals surface area contributed by atoms with Crippen molar-refractivity contribution in [2.75, 3.05) is 0 Å². The van der Waals surface area contributed by atoms with E-state index in [2.05, 4.69) is 6.58 Å². The Morgan fingerprint density at radius 2 is 2.08 bits per heavy atom. The lowest BCUT2D eigenvalue weighted by molar-refractivity contribution is -0.171. The highest BCUT2D eigenvalue weighted by molar-refractivity contribution is 5.83. The maximum atomic E-state index is 12.7. The van der Waals surface area contributed by atoms with E-state index in [-0.39, 0.29) is 12.1 Å². The Morgan fingerprint density at radius 3 is 2.69 bits per heavy atom. The molecule has 0 radical (unpaired) electrons. The van der Waals surface area contributed by atoms with Crippen LogP contribution in [0.15, 0.2) is 23.8 Å². The fourth-order valence-corrected chi connectivity index (χ4v) is 4.96. The Hall–Kier alpha value is -1.66. The van der Waals surface area contributed by atoms with Crippen LogP contribution in [0.1, 0.15) is 40.5 Å². The van der Waals surface area contributed by atoms with Crippen molar-refractivity contribution in [3.8, 4) is 0 Å². The summed E-state index contributed by atoms with van der Waals surface area (Å²) < 4.78 is 16.9. The number of aliphatic hydroxyl groups is 1. The molecule has 2 heterocycles. The van der Waals surface area contributed by atoms with Crippen LogP contribution in [0.2, 0.25) is 0 Å². The van der Waals surface area contributed by atoms with Crippen molar-refractivity contribution < 1.29 is 28.9 Å². The quantitative estimate of drug-likeness (QED) is 0.459. The molecule has 0 aromatic carbocycles. The lowest BCUT2D eigenvalue weighted by Crippen LogP contribution is -2.51. The van der Waals surface area contributed by atoms with E-state index in [1.54, 1.807) is 20.8 Å². The zero-order valence-electron chi connectivity index (χ0n) is 15.7. The normalized spacial score (nSPS) is 49.7. The van der Waals surface area contributed by atoms with Crippen molar-refractivity contribution in [2.45, 2.75) is 70.1 Å². The molecule has 2 saturated heterocycles. The Labute approximate surface area is 153 Å². The molecule has 4 rings (SSSR count). The van der Waals surface area contributed by atoms with E-state index in [0.717, 1.165) is 17.6 Å². The number of hydrogen-bond donors (Lipinski definition) is 1. The second kappa shape index (κ2) is 5.42. The zero-order chi connectivity index (χ0) is 19.0. The van der Waals surface area contributed by atoms with Gasteiger partial charge >= 0.3 is 11.9 Å². The SMILES string of the molecule is C=C1CCC=C(C)[C@@]2(O)[C@H](OC(=O)[C@@]3(C)O[C@H]3C)[C@@H]3[C@@H](OC(=O)[C@@H]3C)[C@H]12. The van der Waals surface area contributed by atoms with Crippen molar-refractivity contribution in [2.24, 2.45) is 17.8 Å². The number of carbonyl (C=O) groups is 2. The molecule has 6 heteroatoms. The van der Waals surface area contributed by atoms with Crippen molar-refractivity contribution in [1.82, 2.24) is 0 Å². The van der Waals surface area contributed by atoms with Gasteiger partial charge in [-0.1, -0.05) is 25.2 Å². The first-order valence-corrected chi connectivity index (χ1v) is 9.29. The summed E-state index contributed by atoms with van der Waals surface area (Å²) in [6, 6.07) is 0. The molecular weight excluding hydrogens is 336 g/mol. The highest BCUT2D eigenvalue weighted by Crippen LogP contribution is 2.57. The van der Waals surface area contributed by atoms with E-state index in [9.17, 15) is 14.7 Å². The second-order valence-electron chi connectivity index (χ2n) is 8.35. The monoisotopic (exact) mass is 362 g/mol. The third-order valence-corrected chi connectivity index (χ3v) is 6.93. The van der Waals surface area contributed by atoms with Crippen molar-refractivity contribution in [3.05, 3.63) is 23.8 Å². The summed E-state index contributed by atoms with van der Waals surface area (Å²) in [5, 5.41) is 11.8. The molecule has 3 fully saturated rings. The molecule has 0 aromatic rings. The highest BCUT2D eigenvalue weighted by atomic mass is 16.7. The first-order valence-electron chi connectivity index (χ1n) is 9.29. The largest absolute Gasteiger partial charge is 0.461 e. The Kier molecular flexibility index (Phi) is 3.70. The third kappa shape index (κ3) is 2.12. The Bertz CT molecular complexity index is 726. The van der Waals surface area contributed by atoms with Gasteiger partial charge in [-0.3, -0.25) is 4.79 Å². The van der Waals surface area contributed by atoms with E-state index in [1.165, 1.54) is 0 Å². The van der Waals surface area contributed by atoms with Crippen LogP contribution in [0.3, 0.4) is 0 Å². The first-order chi connectivity index (χ1) is 12.1. The number of epoxide rings is 1. The summed E-state index contributed by atoms with van der Waals surface area (Å²) in [6.07, 6.45) is 1.81. The van der Waals surface area contributed by atoms with Crippen LogP contribution in [0.5, 0.6) is 0 Å². The van der Waals surface area contributed by atoms with E-state index < -0.39 is 47.1 Å². The Morgan fingerprint density at radius 1 is 1.42 bits per heavy atom. The fraction of sp³-hybridized carbons (Fsp3) is 0.700. The molecule has 0 amide bonds.